The first-order valence-electron chi connectivity index (χ1n) is 6.42. The third-order valence-electron chi connectivity index (χ3n) is 3.22. The third-order valence-corrected chi connectivity index (χ3v) is 3.52. The van der Waals surface area contributed by atoms with Gasteiger partial charge in [-0.15, -0.1) is 0 Å². The summed E-state index contributed by atoms with van der Waals surface area (Å²) in [5, 5.41) is 3.43. The summed E-state index contributed by atoms with van der Waals surface area (Å²) in [4.78, 5) is 0. The van der Waals surface area contributed by atoms with E-state index < -0.39 is 0 Å². The summed E-state index contributed by atoms with van der Waals surface area (Å²) in [6.45, 7) is 2.45. The standard InChI is InChI=1S/C16H17ClFNO/c1-11(12-5-3-7-14(9-12)20-2)19-10-13-6-4-8-15(17)16(13)18/h3-9,11,19H,10H2,1-2H3/t11-/m1/s1. The number of hydrogen-bond acceptors (Lipinski definition) is 2. The third kappa shape index (κ3) is 3.50. The van der Waals surface area contributed by atoms with Crippen molar-refractivity contribution in [1.82, 2.24) is 5.32 Å². The van der Waals surface area contributed by atoms with Gasteiger partial charge < -0.3 is 10.1 Å². The van der Waals surface area contributed by atoms with Crippen molar-refractivity contribution in [1.29, 1.82) is 0 Å². The highest BCUT2D eigenvalue weighted by Gasteiger charge is 2.09. The summed E-state index contributed by atoms with van der Waals surface area (Å²) in [5.41, 5.74) is 1.65. The van der Waals surface area contributed by atoms with Crippen LogP contribution < -0.4 is 10.1 Å². The van der Waals surface area contributed by atoms with Crippen molar-refractivity contribution in [2.75, 3.05) is 7.11 Å². The molecule has 0 aliphatic heterocycles. The highest BCUT2D eigenvalue weighted by Crippen LogP contribution is 2.21. The Morgan fingerprint density at radius 1 is 1.25 bits per heavy atom. The molecular weight excluding hydrogens is 277 g/mol. The number of nitrogens with one attached hydrogen (secondary N) is 1. The first kappa shape index (κ1) is 14.8. The zero-order valence-corrected chi connectivity index (χ0v) is 12.2. The fourth-order valence-corrected chi connectivity index (χ4v) is 2.17. The lowest BCUT2D eigenvalue weighted by Gasteiger charge is -2.15. The van der Waals surface area contributed by atoms with Gasteiger partial charge in [-0.3, -0.25) is 0 Å². The topological polar surface area (TPSA) is 21.3 Å². The van der Waals surface area contributed by atoms with Gasteiger partial charge >= 0.3 is 0 Å². The van der Waals surface area contributed by atoms with E-state index in [2.05, 4.69) is 5.32 Å². The SMILES string of the molecule is COc1cccc([C@@H](C)NCc2cccc(Cl)c2F)c1. The maximum absolute atomic E-state index is 13.8. The number of rotatable bonds is 5. The Labute approximate surface area is 123 Å². The van der Waals surface area contributed by atoms with Crippen molar-refractivity contribution < 1.29 is 9.13 Å². The summed E-state index contributed by atoms with van der Waals surface area (Å²) in [7, 11) is 1.64. The van der Waals surface area contributed by atoms with Crippen LogP contribution >= 0.6 is 11.6 Å². The molecule has 0 aromatic heterocycles. The lowest BCUT2D eigenvalue weighted by molar-refractivity contribution is 0.413. The Morgan fingerprint density at radius 3 is 2.75 bits per heavy atom. The molecule has 20 heavy (non-hydrogen) atoms. The van der Waals surface area contributed by atoms with Crippen LogP contribution in [0.15, 0.2) is 42.5 Å². The van der Waals surface area contributed by atoms with E-state index in [9.17, 15) is 4.39 Å². The molecule has 2 rings (SSSR count). The largest absolute Gasteiger partial charge is 0.497 e. The fraction of sp³-hybridized carbons (Fsp3) is 0.250. The van der Waals surface area contributed by atoms with E-state index in [-0.39, 0.29) is 16.9 Å². The van der Waals surface area contributed by atoms with Crippen LogP contribution in [0.2, 0.25) is 5.02 Å². The zero-order valence-electron chi connectivity index (χ0n) is 11.5. The van der Waals surface area contributed by atoms with Crippen LogP contribution in [0.5, 0.6) is 5.75 Å². The second-order valence-corrected chi connectivity index (χ2v) is 5.00. The van der Waals surface area contributed by atoms with Crippen LogP contribution in [0.1, 0.15) is 24.1 Å². The summed E-state index contributed by atoms with van der Waals surface area (Å²) in [5.74, 6) is 0.449. The average Bonchev–Trinajstić information content (AvgIpc) is 2.48. The molecule has 4 heteroatoms. The molecule has 2 aromatic carbocycles. The van der Waals surface area contributed by atoms with E-state index in [1.54, 1.807) is 25.3 Å². The van der Waals surface area contributed by atoms with Gasteiger partial charge in [0.1, 0.15) is 11.6 Å². The summed E-state index contributed by atoms with van der Waals surface area (Å²) >= 11 is 5.77. The molecule has 0 bridgehead atoms. The summed E-state index contributed by atoms with van der Waals surface area (Å²) in [6, 6.07) is 12.9. The molecule has 0 spiro atoms. The van der Waals surface area contributed by atoms with Gasteiger partial charge in [0.15, 0.2) is 0 Å². The van der Waals surface area contributed by atoms with Crippen LogP contribution in [0.3, 0.4) is 0 Å². The highest BCUT2D eigenvalue weighted by atomic mass is 35.5. The summed E-state index contributed by atoms with van der Waals surface area (Å²) in [6.07, 6.45) is 0. The smallest absolute Gasteiger partial charge is 0.146 e. The van der Waals surface area contributed by atoms with Gasteiger partial charge in [-0.05, 0) is 30.7 Å². The molecule has 0 heterocycles. The predicted molar refractivity (Wildman–Crippen MR) is 79.7 cm³/mol. The zero-order chi connectivity index (χ0) is 14.5. The average molecular weight is 294 g/mol. The maximum atomic E-state index is 13.8. The maximum Gasteiger partial charge on any atom is 0.146 e. The molecule has 1 N–H and O–H groups in total. The monoisotopic (exact) mass is 293 g/mol. The lowest BCUT2D eigenvalue weighted by atomic mass is 10.1. The first-order chi connectivity index (χ1) is 9.61. The molecule has 0 unspecified atom stereocenters. The first-order valence-corrected chi connectivity index (χ1v) is 6.80. The van der Waals surface area contributed by atoms with Crippen molar-refractivity contribution >= 4 is 11.6 Å². The Bertz CT molecular complexity index is 588. The van der Waals surface area contributed by atoms with E-state index in [1.165, 1.54) is 0 Å². The number of halogens is 2. The second-order valence-electron chi connectivity index (χ2n) is 4.59. The second kappa shape index (κ2) is 6.73. The molecule has 0 radical (unpaired) electrons. The molecule has 0 amide bonds. The summed E-state index contributed by atoms with van der Waals surface area (Å²) < 4.78 is 19.0. The number of benzene rings is 2. The minimum atomic E-state index is -0.362. The number of methoxy groups -OCH3 is 1. The molecular formula is C16H17ClFNO. The van der Waals surface area contributed by atoms with Crippen LogP contribution in [0, 0.1) is 5.82 Å². The van der Waals surface area contributed by atoms with Crippen LogP contribution in [-0.4, -0.2) is 7.11 Å². The molecule has 2 aromatic rings. The Kier molecular flexibility index (Phi) is 4.99. The van der Waals surface area contributed by atoms with Crippen molar-refractivity contribution in [3.63, 3.8) is 0 Å². The van der Waals surface area contributed by atoms with Crippen molar-refractivity contribution in [3.05, 3.63) is 64.4 Å². The Balaban J connectivity index is 2.04. The highest BCUT2D eigenvalue weighted by molar-refractivity contribution is 6.30. The lowest BCUT2D eigenvalue weighted by Crippen LogP contribution is -2.18. The molecule has 106 valence electrons. The van der Waals surface area contributed by atoms with E-state index in [0.29, 0.717) is 12.1 Å². The van der Waals surface area contributed by atoms with Gasteiger partial charge in [0.2, 0.25) is 0 Å². The van der Waals surface area contributed by atoms with Crippen LogP contribution in [-0.2, 0) is 6.54 Å². The van der Waals surface area contributed by atoms with Gasteiger partial charge in [-0.2, -0.15) is 0 Å². The van der Waals surface area contributed by atoms with Crippen molar-refractivity contribution in [3.8, 4) is 5.75 Å². The Morgan fingerprint density at radius 2 is 2.00 bits per heavy atom. The van der Waals surface area contributed by atoms with Crippen LogP contribution in [0.25, 0.3) is 0 Å². The minimum Gasteiger partial charge on any atom is -0.497 e. The molecule has 0 aliphatic carbocycles. The van der Waals surface area contributed by atoms with Gasteiger partial charge in [-0.1, -0.05) is 35.9 Å². The van der Waals surface area contributed by atoms with Crippen LogP contribution in [0.4, 0.5) is 4.39 Å². The fourth-order valence-electron chi connectivity index (χ4n) is 1.98. The molecule has 2 nitrogen and oxygen atoms in total. The molecule has 0 saturated carbocycles. The van der Waals surface area contributed by atoms with Gasteiger partial charge in [0.05, 0.1) is 12.1 Å². The van der Waals surface area contributed by atoms with Crippen molar-refractivity contribution in [2.45, 2.75) is 19.5 Å². The molecule has 0 saturated heterocycles. The van der Waals surface area contributed by atoms with E-state index >= 15 is 0 Å². The van der Waals surface area contributed by atoms with E-state index in [1.807, 2.05) is 31.2 Å². The predicted octanol–water partition coefficient (Wildman–Crippen LogP) is 4.34. The van der Waals surface area contributed by atoms with Gasteiger partial charge in [0.25, 0.3) is 0 Å². The van der Waals surface area contributed by atoms with E-state index in [4.69, 9.17) is 16.3 Å². The quantitative estimate of drug-likeness (QED) is 0.885. The molecule has 0 aliphatic rings. The molecule has 1 atom stereocenters. The van der Waals surface area contributed by atoms with Gasteiger partial charge in [0, 0.05) is 18.2 Å². The number of hydrogen-bond donors (Lipinski definition) is 1. The van der Waals surface area contributed by atoms with Crippen molar-refractivity contribution in [2.24, 2.45) is 0 Å². The van der Waals surface area contributed by atoms with Gasteiger partial charge in [-0.25, -0.2) is 4.39 Å². The number of ether oxygens (including phenoxy) is 1. The normalized spacial score (nSPS) is 12.2. The Hall–Kier alpha value is -1.58. The minimum absolute atomic E-state index is 0.0866. The van der Waals surface area contributed by atoms with E-state index in [0.717, 1.165) is 11.3 Å². The molecule has 0 fully saturated rings.